The topological polar surface area (TPSA) is 93.2 Å². The van der Waals surface area contributed by atoms with E-state index in [1.165, 1.54) is 26.2 Å². The van der Waals surface area contributed by atoms with Gasteiger partial charge in [-0.15, -0.1) is 0 Å². The van der Waals surface area contributed by atoms with Crippen LogP contribution in [0.2, 0.25) is 0 Å². The van der Waals surface area contributed by atoms with Crippen LogP contribution in [0.4, 0.5) is 17.2 Å². The predicted molar refractivity (Wildman–Crippen MR) is 78.2 cm³/mol. The second-order valence-corrected chi connectivity index (χ2v) is 6.69. The Morgan fingerprint density at radius 2 is 2.00 bits per heavy atom. The normalized spacial score (nSPS) is 11.8. The smallest absolute Gasteiger partial charge is 0.242 e. The van der Waals surface area contributed by atoms with Crippen molar-refractivity contribution in [3.8, 4) is 0 Å². The minimum Gasteiger partial charge on any atom is -0.397 e. The van der Waals surface area contributed by atoms with Gasteiger partial charge in [-0.2, -0.15) is 5.10 Å². The van der Waals surface area contributed by atoms with E-state index < -0.39 is 10.0 Å². The van der Waals surface area contributed by atoms with Crippen LogP contribution in [0.25, 0.3) is 0 Å². The standard InChI is InChI=1S/C12H17N5O2S/c1-16(2)20(18,19)9-4-5-11(10(13)8-9)14-12-6-7-17(3)15-12/h4-8H,13H2,1-3H3,(H,14,15). The Kier molecular flexibility index (Phi) is 3.69. The molecule has 2 rings (SSSR count). The Labute approximate surface area is 118 Å². The van der Waals surface area contributed by atoms with Gasteiger partial charge in [0, 0.05) is 33.4 Å². The zero-order valence-corrected chi connectivity index (χ0v) is 12.3. The van der Waals surface area contributed by atoms with Crippen molar-refractivity contribution >= 4 is 27.2 Å². The lowest BCUT2D eigenvalue weighted by Crippen LogP contribution is -2.22. The summed E-state index contributed by atoms with van der Waals surface area (Å²) < 4.78 is 26.8. The van der Waals surface area contributed by atoms with Crippen molar-refractivity contribution in [1.82, 2.24) is 14.1 Å². The third-order valence-electron chi connectivity index (χ3n) is 2.78. The van der Waals surface area contributed by atoms with E-state index in [1.807, 2.05) is 0 Å². The van der Waals surface area contributed by atoms with Crippen LogP contribution in [-0.2, 0) is 17.1 Å². The Hall–Kier alpha value is -2.06. The average molecular weight is 295 g/mol. The monoisotopic (exact) mass is 295 g/mol. The maximum absolute atomic E-state index is 12.0. The van der Waals surface area contributed by atoms with Gasteiger partial charge in [-0.1, -0.05) is 0 Å². The molecule has 1 heterocycles. The average Bonchev–Trinajstić information content (AvgIpc) is 2.77. The molecule has 0 bridgehead atoms. The first-order chi connectivity index (χ1) is 9.30. The van der Waals surface area contributed by atoms with Gasteiger partial charge in [0.25, 0.3) is 0 Å². The largest absolute Gasteiger partial charge is 0.397 e. The number of aromatic nitrogens is 2. The van der Waals surface area contributed by atoms with Crippen LogP contribution in [-0.4, -0.2) is 36.6 Å². The van der Waals surface area contributed by atoms with Crippen LogP contribution >= 0.6 is 0 Å². The summed E-state index contributed by atoms with van der Waals surface area (Å²) in [5, 5.41) is 7.21. The fourth-order valence-corrected chi connectivity index (χ4v) is 2.58. The second kappa shape index (κ2) is 5.14. The number of benzene rings is 1. The first-order valence-electron chi connectivity index (χ1n) is 5.89. The van der Waals surface area contributed by atoms with E-state index >= 15 is 0 Å². The minimum atomic E-state index is -3.48. The van der Waals surface area contributed by atoms with Crippen molar-refractivity contribution in [3.63, 3.8) is 0 Å². The number of rotatable bonds is 4. The number of nitrogen functional groups attached to an aromatic ring is 1. The van der Waals surface area contributed by atoms with E-state index in [1.54, 1.807) is 30.1 Å². The summed E-state index contributed by atoms with van der Waals surface area (Å²) in [6, 6.07) is 6.36. The molecule has 0 saturated heterocycles. The predicted octanol–water partition coefficient (Wildman–Crippen LogP) is 0.996. The van der Waals surface area contributed by atoms with Gasteiger partial charge in [-0.3, -0.25) is 4.68 Å². The molecule has 20 heavy (non-hydrogen) atoms. The molecule has 0 spiro atoms. The van der Waals surface area contributed by atoms with Crippen LogP contribution in [0.1, 0.15) is 0 Å². The van der Waals surface area contributed by atoms with Crippen LogP contribution in [0.15, 0.2) is 35.4 Å². The number of hydrogen-bond donors (Lipinski definition) is 2. The summed E-state index contributed by atoms with van der Waals surface area (Å²) in [7, 11) is 1.28. The van der Waals surface area contributed by atoms with Crippen LogP contribution in [0, 0.1) is 0 Å². The summed E-state index contributed by atoms with van der Waals surface area (Å²) in [6.07, 6.45) is 1.80. The molecule has 2 aromatic rings. The molecule has 108 valence electrons. The third kappa shape index (κ3) is 2.75. The first-order valence-corrected chi connectivity index (χ1v) is 7.33. The highest BCUT2D eigenvalue weighted by atomic mass is 32.2. The molecule has 0 amide bonds. The quantitative estimate of drug-likeness (QED) is 0.821. The lowest BCUT2D eigenvalue weighted by atomic mass is 10.2. The molecule has 7 nitrogen and oxygen atoms in total. The van der Waals surface area contributed by atoms with Crippen molar-refractivity contribution in [2.75, 3.05) is 25.1 Å². The molecule has 0 aliphatic carbocycles. The van der Waals surface area contributed by atoms with E-state index in [0.29, 0.717) is 17.2 Å². The number of anilines is 3. The van der Waals surface area contributed by atoms with Crippen LogP contribution < -0.4 is 11.1 Å². The van der Waals surface area contributed by atoms with E-state index in [0.717, 1.165) is 4.31 Å². The van der Waals surface area contributed by atoms with Gasteiger partial charge in [-0.25, -0.2) is 12.7 Å². The van der Waals surface area contributed by atoms with Crippen molar-refractivity contribution in [1.29, 1.82) is 0 Å². The van der Waals surface area contributed by atoms with E-state index in [4.69, 9.17) is 5.73 Å². The second-order valence-electron chi connectivity index (χ2n) is 4.54. The van der Waals surface area contributed by atoms with E-state index in [2.05, 4.69) is 10.4 Å². The molecule has 0 fully saturated rings. The molecular weight excluding hydrogens is 278 g/mol. The van der Waals surface area contributed by atoms with Crippen molar-refractivity contribution in [2.24, 2.45) is 7.05 Å². The molecule has 0 atom stereocenters. The molecular formula is C12H17N5O2S. The summed E-state index contributed by atoms with van der Waals surface area (Å²) >= 11 is 0. The molecule has 0 aliphatic rings. The minimum absolute atomic E-state index is 0.159. The number of nitrogens with two attached hydrogens (primary N) is 1. The van der Waals surface area contributed by atoms with Crippen molar-refractivity contribution in [2.45, 2.75) is 4.90 Å². The van der Waals surface area contributed by atoms with Gasteiger partial charge in [0.15, 0.2) is 5.82 Å². The van der Waals surface area contributed by atoms with Gasteiger partial charge < -0.3 is 11.1 Å². The highest BCUT2D eigenvalue weighted by Gasteiger charge is 2.18. The molecule has 1 aromatic heterocycles. The summed E-state index contributed by atoms with van der Waals surface area (Å²) in [6.45, 7) is 0. The lowest BCUT2D eigenvalue weighted by Gasteiger charge is -2.13. The molecule has 3 N–H and O–H groups in total. The SMILES string of the molecule is CN(C)S(=O)(=O)c1ccc(Nc2ccn(C)n2)c(N)c1. The van der Waals surface area contributed by atoms with Gasteiger partial charge in [-0.05, 0) is 18.2 Å². The Balaban J connectivity index is 2.31. The number of hydrogen-bond acceptors (Lipinski definition) is 5. The zero-order chi connectivity index (χ0) is 14.9. The summed E-state index contributed by atoms with van der Waals surface area (Å²) in [4.78, 5) is 0.159. The van der Waals surface area contributed by atoms with Gasteiger partial charge in [0.1, 0.15) is 0 Å². The summed E-state index contributed by atoms with van der Waals surface area (Å²) in [5.74, 6) is 0.641. The third-order valence-corrected chi connectivity index (χ3v) is 4.59. The number of sulfonamides is 1. The Bertz CT molecular complexity index is 721. The zero-order valence-electron chi connectivity index (χ0n) is 11.5. The van der Waals surface area contributed by atoms with Gasteiger partial charge in [0.2, 0.25) is 10.0 Å². The number of nitrogens with one attached hydrogen (secondary N) is 1. The first kappa shape index (κ1) is 14.4. The maximum Gasteiger partial charge on any atom is 0.242 e. The van der Waals surface area contributed by atoms with Gasteiger partial charge >= 0.3 is 0 Å². The van der Waals surface area contributed by atoms with E-state index in [9.17, 15) is 8.42 Å². The highest BCUT2D eigenvalue weighted by molar-refractivity contribution is 7.89. The van der Waals surface area contributed by atoms with E-state index in [-0.39, 0.29) is 4.90 Å². The number of nitrogens with zero attached hydrogens (tertiary/aromatic N) is 3. The fraction of sp³-hybridized carbons (Fsp3) is 0.250. The Morgan fingerprint density at radius 1 is 1.30 bits per heavy atom. The lowest BCUT2D eigenvalue weighted by molar-refractivity contribution is 0.521. The molecule has 8 heteroatoms. The highest BCUT2D eigenvalue weighted by Crippen LogP contribution is 2.26. The number of aryl methyl sites for hydroxylation is 1. The molecule has 0 aliphatic heterocycles. The van der Waals surface area contributed by atoms with Crippen LogP contribution in [0.5, 0.6) is 0 Å². The molecule has 0 saturated carbocycles. The van der Waals surface area contributed by atoms with Crippen LogP contribution in [0.3, 0.4) is 0 Å². The van der Waals surface area contributed by atoms with Gasteiger partial charge in [0.05, 0.1) is 16.3 Å². The molecule has 1 aromatic carbocycles. The summed E-state index contributed by atoms with van der Waals surface area (Å²) in [5.41, 5.74) is 6.85. The fourth-order valence-electron chi connectivity index (χ4n) is 1.65. The molecule has 0 unspecified atom stereocenters. The molecule has 0 radical (unpaired) electrons. The Morgan fingerprint density at radius 3 is 2.50 bits per heavy atom. The van der Waals surface area contributed by atoms with Crippen molar-refractivity contribution in [3.05, 3.63) is 30.5 Å². The van der Waals surface area contributed by atoms with Crippen molar-refractivity contribution < 1.29 is 8.42 Å². The maximum atomic E-state index is 12.0.